The summed E-state index contributed by atoms with van der Waals surface area (Å²) < 4.78 is 0. The summed E-state index contributed by atoms with van der Waals surface area (Å²) in [5, 5.41) is 8.76. The van der Waals surface area contributed by atoms with Crippen molar-refractivity contribution in [2.75, 3.05) is 18.5 Å². The Hall–Kier alpha value is -2.53. The van der Waals surface area contributed by atoms with Crippen LogP contribution in [0.2, 0.25) is 0 Å². The van der Waals surface area contributed by atoms with E-state index in [4.69, 9.17) is 5.26 Å². The van der Waals surface area contributed by atoms with Gasteiger partial charge in [0.2, 0.25) is 0 Å². The third kappa shape index (κ3) is 3.72. The maximum absolute atomic E-state index is 8.76. The maximum Gasteiger partial charge on any atom is 0.0991 e. The van der Waals surface area contributed by atoms with Crippen molar-refractivity contribution in [2.45, 2.75) is 0 Å². The number of likely N-dealkylation sites (N-methyl/N-ethyl adjacent to an activating group) is 1. The zero-order chi connectivity index (χ0) is 13.5. The van der Waals surface area contributed by atoms with Crippen LogP contribution in [0.5, 0.6) is 0 Å². The number of rotatable bonds is 4. The molecule has 2 heteroatoms. The lowest BCUT2D eigenvalue weighted by atomic mass is 10.2. The van der Waals surface area contributed by atoms with Gasteiger partial charge in [-0.2, -0.15) is 5.26 Å². The van der Waals surface area contributed by atoms with Crippen LogP contribution in [0.4, 0.5) is 5.69 Å². The monoisotopic (exact) mass is 248 g/mol. The molecule has 0 amide bonds. The summed E-state index contributed by atoms with van der Waals surface area (Å²) in [4.78, 5) is 2.14. The van der Waals surface area contributed by atoms with Crippen LogP contribution in [-0.4, -0.2) is 13.6 Å². The molecule has 94 valence electrons. The van der Waals surface area contributed by atoms with Gasteiger partial charge in [0.25, 0.3) is 0 Å². The highest BCUT2D eigenvalue weighted by molar-refractivity contribution is 5.53. The third-order valence-corrected chi connectivity index (χ3v) is 2.93. The summed E-state index contributed by atoms with van der Waals surface area (Å²) in [5.74, 6) is 0. The number of hydrogen-bond donors (Lipinski definition) is 0. The smallest absolute Gasteiger partial charge is 0.0991 e. The van der Waals surface area contributed by atoms with Crippen molar-refractivity contribution in [3.05, 3.63) is 71.8 Å². The quantitative estimate of drug-likeness (QED) is 0.824. The molecule has 2 rings (SSSR count). The lowest BCUT2D eigenvalue weighted by Crippen LogP contribution is -2.16. The standard InChI is InChI=1S/C17H16N2/c1-19(17-11-9-16(14-18)10-12-17)13-5-8-15-6-3-2-4-7-15/h2-12H,13H2,1H3. The second kappa shape index (κ2) is 6.42. The molecule has 0 saturated carbocycles. The topological polar surface area (TPSA) is 27.0 Å². The number of benzene rings is 2. The number of nitriles is 1. The third-order valence-electron chi connectivity index (χ3n) is 2.93. The minimum Gasteiger partial charge on any atom is -0.371 e. The van der Waals surface area contributed by atoms with E-state index in [-0.39, 0.29) is 0 Å². The highest BCUT2D eigenvalue weighted by Crippen LogP contribution is 2.13. The van der Waals surface area contributed by atoms with Gasteiger partial charge < -0.3 is 4.90 Å². The van der Waals surface area contributed by atoms with Crippen LogP contribution >= 0.6 is 0 Å². The number of nitrogens with zero attached hydrogens (tertiary/aromatic N) is 2. The van der Waals surface area contributed by atoms with E-state index >= 15 is 0 Å². The minimum atomic E-state index is 0.692. The van der Waals surface area contributed by atoms with E-state index in [1.807, 2.05) is 49.5 Å². The van der Waals surface area contributed by atoms with Crippen LogP contribution in [0.1, 0.15) is 11.1 Å². The summed E-state index contributed by atoms with van der Waals surface area (Å²) in [6.45, 7) is 0.834. The SMILES string of the molecule is CN(CC=Cc1ccccc1)c1ccc(C#N)cc1. The van der Waals surface area contributed by atoms with Crippen molar-refractivity contribution in [3.8, 4) is 6.07 Å². The van der Waals surface area contributed by atoms with E-state index in [0.29, 0.717) is 5.56 Å². The van der Waals surface area contributed by atoms with E-state index < -0.39 is 0 Å². The largest absolute Gasteiger partial charge is 0.371 e. The molecule has 0 bridgehead atoms. The van der Waals surface area contributed by atoms with Crippen LogP contribution < -0.4 is 4.90 Å². The van der Waals surface area contributed by atoms with E-state index in [2.05, 4.69) is 35.3 Å². The van der Waals surface area contributed by atoms with Crippen LogP contribution in [0.15, 0.2) is 60.7 Å². The van der Waals surface area contributed by atoms with Crippen molar-refractivity contribution >= 4 is 11.8 Å². The van der Waals surface area contributed by atoms with E-state index in [1.165, 1.54) is 5.56 Å². The summed E-state index contributed by atoms with van der Waals surface area (Å²) in [6.07, 6.45) is 4.24. The number of hydrogen-bond acceptors (Lipinski definition) is 2. The molecule has 0 aliphatic carbocycles. The second-order valence-electron chi connectivity index (χ2n) is 4.35. The lowest BCUT2D eigenvalue weighted by molar-refractivity contribution is 1.03. The fraction of sp³-hybridized carbons (Fsp3) is 0.118. The van der Waals surface area contributed by atoms with Crippen molar-refractivity contribution in [1.82, 2.24) is 0 Å². The Labute approximate surface area is 114 Å². The molecule has 0 atom stereocenters. The zero-order valence-electron chi connectivity index (χ0n) is 11.0. The van der Waals surface area contributed by atoms with Gasteiger partial charge in [-0.05, 0) is 29.8 Å². The summed E-state index contributed by atoms with van der Waals surface area (Å²) in [6, 6.07) is 20.0. The number of anilines is 1. The van der Waals surface area contributed by atoms with Gasteiger partial charge in [0.15, 0.2) is 0 Å². The summed E-state index contributed by atoms with van der Waals surface area (Å²) in [5.41, 5.74) is 3.00. The molecule has 0 heterocycles. The molecule has 2 aromatic carbocycles. The Kier molecular flexibility index (Phi) is 4.36. The molecule has 0 aromatic heterocycles. The van der Waals surface area contributed by atoms with Gasteiger partial charge in [0, 0.05) is 19.3 Å². The van der Waals surface area contributed by atoms with Crippen LogP contribution in [0, 0.1) is 11.3 Å². The fourth-order valence-corrected chi connectivity index (χ4v) is 1.81. The Morgan fingerprint density at radius 1 is 1.05 bits per heavy atom. The molecule has 2 nitrogen and oxygen atoms in total. The van der Waals surface area contributed by atoms with Crippen LogP contribution in [0.25, 0.3) is 6.08 Å². The molecule has 0 fully saturated rings. The molecular formula is C17H16N2. The maximum atomic E-state index is 8.76. The molecule has 2 aromatic rings. The predicted octanol–water partition coefficient (Wildman–Crippen LogP) is 3.71. The average molecular weight is 248 g/mol. The molecule has 0 N–H and O–H groups in total. The van der Waals surface area contributed by atoms with Crippen molar-refractivity contribution in [2.24, 2.45) is 0 Å². The fourth-order valence-electron chi connectivity index (χ4n) is 1.81. The van der Waals surface area contributed by atoms with Gasteiger partial charge in [-0.25, -0.2) is 0 Å². The first-order valence-electron chi connectivity index (χ1n) is 6.22. The molecule has 0 unspecified atom stereocenters. The van der Waals surface area contributed by atoms with Crippen molar-refractivity contribution in [3.63, 3.8) is 0 Å². The second-order valence-corrected chi connectivity index (χ2v) is 4.35. The summed E-state index contributed by atoms with van der Waals surface area (Å²) in [7, 11) is 2.04. The Bertz CT molecular complexity index is 577. The molecule has 0 aliphatic rings. The molecular weight excluding hydrogens is 232 g/mol. The first-order valence-corrected chi connectivity index (χ1v) is 6.22. The van der Waals surface area contributed by atoms with E-state index in [0.717, 1.165) is 12.2 Å². The average Bonchev–Trinajstić information content (AvgIpc) is 2.48. The lowest BCUT2D eigenvalue weighted by Gasteiger charge is -2.17. The molecule has 0 radical (unpaired) electrons. The normalized spacial score (nSPS) is 10.3. The Balaban J connectivity index is 1.95. The predicted molar refractivity (Wildman–Crippen MR) is 79.9 cm³/mol. The van der Waals surface area contributed by atoms with Crippen LogP contribution in [-0.2, 0) is 0 Å². The van der Waals surface area contributed by atoms with E-state index in [1.54, 1.807) is 0 Å². The Morgan fingerprint density at radius 2 is 1.74 bits per heavy atom. The summed E-state index contributed by atoms with van der Waals surface area (Å²) >= 11 is 0. The minimum absolute atomic E-state index is 0.692. The molecule has 0 aliphatic heterocycles. The molecule has 0 spiro atoms. The van der Waals surface area contributed by atoms with E-state index in [9.17, 15) is 0 Å². The molecule has 0 saturated heterocycles. The van der Waals surface area contributed by atoms with Crippen LogP contribution in [0.3, 0.4) is 0 Å². The highest BCUT2D eigenvalue weighted by atomic mass is 15.1. The van der Waals surface area contributed by atoms with Gasteiger partial charge in [-0.3, -0.25) is 0 Å². The van der Waals surface area contributed by atoms with Gasteiger partial charge in [-0.15, -0.1) is 0 Å². The first-order chi connectivity index (χ1) is 9.29. The van der Waals surface area contributed by atoms with Gasteiger partial charge in [0.1, 0.15) is 0 Å². The zero-order valence-corrected chi connectivity index (χ0v) is 11.0. The van der Waals surface area contributed by atoms with Gasteiger partial charge in [-0.1, -0.05) is 42.5 Å². The van der Waals surface area contributed by atoms with Crippen molar-refractivity contribution < 1.29 is 0 Å². The molecule has 19 heavy (non-hydrogen) atoms. The Morgan fingerprint density at radius 3 is 2.37 bits per heavy atom. The van der Waals surface area contributed by atoms with Crippen molar-refractivity contribution in [1.29, 1.82) is 5.26 Å². The first kappa shape index (κ1) is 12.9. The van der Waals surface area contributed by atoms with Gasteiger partial charge in [0.05, 0.1) is 11.6 Å². The highest BCUT2D eigenvalue weighted by Gasteiger charge is 1.98. The van der Waals surface area contributed by atoms with Gasteiger partial charge >= 0.3 is 0 Å².